The Labute approximate surface area is 157 Å². The van der Waals surface area contributed by atoms with Crippen molar-refractivity contribution in [1.29, 1.82) is 0 Å². The Morgan fingerprint density at radius 1 is 1.04 bits per heavy atom. The quantitative estimate of drug-likeness (QED) is 0.600. The lowest BCUT2D eigenvalue weighted by Crippen LogP contribution is -2.02. The van der Waals surface area contributed by atoms with E-state index in [1.165, 1.54) is 37.1 Å². The summed E-state index contributed by atoms with van der Waals surface area (Å²) in [4.78, 5) is 0. The summed E-state index contributed by atoms with van der Waals surface area (Å²) < 4.78 is 4.42. The van der Waals surface area contributed by atoms with Crippen LogP contribution in [0.15, 0.2) is 35.5 Å². The first-order chi connectivity index (χ1) is 12.7. The van der Waals surface area contributed by atoms with Gasteiger partial charge in [0, 0.05) is 23.4 Å². The Balaban J connectivity index is 1.31. The molecule has 0 bridgehead atoms. The Kier molecular flexibility index (Phi) is 3.89. The Morgan fingerprint density at radius 2 is 1.81 bits per heavy atom. The first-order valence-electron chi connectivity index (χ1n) is 9.39. The number of aryl methyl sites for hydroxylation is 2. The molecule has 26 heavy (non-hydrogen) atoms. The van der Waals surface area contributed by atoms with Gasteiger partial charge in [0.2, 0.25) is 0 Å². The summed E-state index contributed by atoms with van der Waals surface area (Å²) >= 11 is 1.81. The van der Waals surface area contributed by atoms with Crippen LogP contribution in [0.2, 0.25) is 0 Å². The van der Waals surface area contributed by atoms with Gasteiger partial charge in [0.15, 0.2) is 5.16 Å². The molecule has 0 spiro atoms. The highest BCUT2D eigenvalue weighted by atomic mass is 32.2. The van der Waals surface area contributed by atoms with E-state index in [0.29, 0.717) is 12.0 Å². The van der Waals surface area contributed by atoms with Gasteiger partial charge in [-0.25, -0.2) is 4.68 Å². The van der Waals surface area contributed by atoms with Crippen molar-refractivity contribution in [3.8, 4) is 5.69 Å². The van der Waals surface area contributed by atoms with Crippen molar-refractivity contribution < 1.29 is 0 Å². The zero-order valence-corrected chi connectivity index (χ0v) is 16.0. The minimum absolute atomic E-state index is 0.650. The Morgan fingerprint density at radius 3 is 2.42 bits per heavy atom. The fourth-order valence-electron chi connectivity index (χ4n) is 3.45. The molecule has 2 aliphatic carbocycles. The minimum Gasteiger partial charge on any atom is -0.303 e. The van der Waals surface area contributed by atoms with Gasteiger partial charge in [-0.1, -0.05) is 23.9 Å². The predicted octanol–water partition coefficient (Wildman–Crippen LogP) is 4.59. The van der Waals surface area contributed by atoms with Crippen molar-refractivity contribution in [3.05, 3.63) is 53.1 Å². The molecule has 2 saturated carbocycles. The summed E-state index contributed by atoms with van der Waals surface area (Å²) in [5, 5.41) is 14.6. The van der Waals surface area contributed by atoms with Crippen LogP contribution in [0.3, 0.4) is 0 Å². The molecule has 1 aromatic carbocycles. The number of nitrogens with zero attached hydrogens (tertiary/aromatic N) is 5. The number of rotatable bonds is 6. The van der Waals surface area contributed by atoms with Gasteiger partial charge < -0.3 is 4.57 Å². The molecule has 3 aromatic rings. The van der Waals surface area contributed by atoms with Gasteiger partial charge in [-0.3, -0.25) is 0 Å². The lowest BCUT2D eigenvalue weighted by atomic mass is 10.2. The van der Waals surface area contributed by atoms with Gasteiger partial charge in [0.05, 0.1) is 11.4 Å². The molecule has 2 aromatic heterocycles. The lowest BCUT2D eigenvalue weighted by Gasteiger charge is -2.09. The van der Waals surface area contributed by atoms with Gasteiger partial charge in [-0.15, -0.1) is 10.2 Å². The lowest BCUT2D eigenvalue weighted by molar-refractivity contribution is 0.627. The van der Waals surface area contributed by atoms with E-state index in [2.05, 4.69) is 57.1 Å². The smallest absolute Gasteiger partial charge is 0.191 e. The summed E-state index contributed by atoms with van der Waals surface area (Å²) in [7, 11) is 0. The van der Waals surface area contributed by atoms with Crippen LogP contribution >= 0.6 is 11.8 Å². The second-order valence-electron chi connectivity index (χ2n) is 7.51. The van der Waals surface area contributed by atoms with Gasteiger partial charge >= 0.3 is 0 Å². The van der Waals surface area contributed by atoms with Crippen LogP contribution in [0.4, 0.5) is 0 Å². The molecule has 0 radical (unpaired) electrons. The molecule has 0 saturated heterocycles. The molecule has 0 atom stereocenters. The van der Waals surface area contributed by atoms with Gasteiger partial charge in [-0.05, 0) is 63.3 Å². The maximum Gasteiger partial charge on any atom is 0.191 e. The normalized spacial score (nSPS) is 17.0. The number of hydrogen-bond acceptors (Lipinski definition) is 4. The van der Waals surface area contributed by atoms with Crippen LogP contribution in [0.1, 0.15) is 60.4 Å². The van der Waals surface area contributed by atoms with Gasteiger partial charge in [0.1, 0.15) is 5.82 Å². The van der Waals surface area contributed by atoms with Crippen LogP contribution in [-0.4, -0.2) is 24.5 Å². The summed E-state index contributed by atoms with van der Waals surface area (Å²) in [6.07, 6.45) is 5.12. The summed E-state index contributed by atoms with van der Waals surface area (Å²) in [5.74, 6) is 2.82. The molecule has 2 heterocycles. The molecule has 0 amide bonds. The van der Waals surface area contributed by atoms with E-state index in [4.69, 9.17) is 0 Å². The molecular formula is C20H23N5S. The molecule has 5 rings (SSSR count). The second-order valence-corrected chi connectivity index (χ2v) is 8.45. The second kappa shape index (κ2) is 6.27. The zero-order valence-electron chi connectivity index (χ0n) is 15.2. The first-order valence-corrected chi connectivity index (χ1v) is 10.4. The third-order valence-electron chi connectivity index (χ3n) is 5.10. The highest BCUT2D eigenvalue weighted by Crippen LogP contribution is 2.46. The molecular weight excluding hydrogens is 342 g/mol. The zero-order chi connectivity index (χ0) is 17.7. The molecule has 2 fully saturated rings. The number of aromatic nitrogens is 5. The van der Waals surface area contributed by atoms with Crippen LogP contribution in [0.5, 0.6) is 0 Å². The highest BCUT2D eigenvalue weighted by molar-refractivity contribution is 7.98. The van der Waals surface area contributed by atoms with E-state index < -0.39 is 0 Å². The summed E-state index contributed by atoms with van der Waals surface area (Å²) in [6, 6.07) is 11.4. The van der Waals surface area contributed by atoms with Crippen molar-refractivity contribution >= 4 is 11.8 Å². The van der Waals surface area contributed by atoms with Crippen molar-refractivity contribution in [2.24, 2.45) is 0 Å². The maximum absolute atomic E-state index is 4.56. The van der Waals surface area contributed by atoms with E-state index in [-0.39, 0.29) is 0 Å². The third kappa shape index (κ3) is 3.07. The SMILES string of the molecule is Cc1cc(C)n(-c2ccc(CSc3nnc(C4CC4)n3C3CC3)cc2)n1. The largest absolute Gasteiger partial charge is 0.303 e. The minimum atomic E-state index is 0.650. The topological polar surface area (TPSA) is 48.5 Å². The fourth-order valence-corrected chi connectivity index (χ4v) is 4.42. The predicted molar refractivity (Wildman–Crippen MR) is 103 cm³/mol. The molecule has 5 nitrogen and oxygen atoms in total. The average Bonchev–Trinajstić information content (AvgIpc) is 3.57. The van der Waals surface area contributed by atoms with Crippen molar-refractivity contribution in [2.45, 2.75) is 62.4 Å². The van der Waals surface area contributed by atoms with Gasteiger partial charge in [0.25, 0.3) is 0 Å². The first kappa shape index (κ1) is 16.1. The number of thioether (sulfide) groups is 1. The van der Waals surface area contributed by atoms with Crippen molar-refractivity contribution in [2.75, 3.05) is 0 Å². The fraction of sp³-hybridized carbons (Fsp3) is 0.450. The maximum atomic E-state index is 4.56. The molecule has 0 unspecified atom stereocenters. The van der Waals surface area contributed by atoms with Crippen LogP contribution in [0, 0.1) is 13.8 Å². The molecule has 0 N–H and O–H groups in total. The van der Waals surface area contributed by atoms with Gasteiger partial charge in [-0.2, -0.15) is 5.10 Å². The standard InChI is InChI=1S/C20H23N5S/c1-13-11-14(2)25(23-13)18-7-3-15(4-8-18)12-26-20-22-21-19(16-5-6-16)24(20)17-9-10-17/h3-4,7-8,11,16-17H,5-6,9-10,12H2,1-2H3. The Bertz CT molecular complexity index is 932. The van der Waals surface area contributed by atoms with Crippen LogP contribution < -0.4 is 0 Å². The van der Waals surface area contributed by atoms with E-state index in [0.717, 1.165) is 28.0 Å². The van der Waals surface area contributed by atoms with Crippen molar-refractivity contribution in [1.82, 2.24) is 24.5 Å². The van der Waals surface area contributed by atoms with E-state index in [9.17, 15) is 0 Å². The molecule has 134 valence electrons. The summed E-state index contributed by atoms with van der Waals surface area (Å²) in [6.45, 7) is 4.12. The van der Waals surface area contributed by atoms with E-state index in [1.54, 1.807) is 0 Å². The number of benzene rings is 1. The van der Waals surface area contributed by atoms with E-state index >= 15 is 0 Å². The van der Waals surface area contributed by atoms with Crippen LogP contribution in [0.25, 0.3) is 5.69 Å². The molecule has 2 aliphatic rings. The highest BCUT2D eigenvalue weighted by Gasteiger charge is 2.36. The summed E-state index contributed by atoms with van der Waals surface area (Å²) in [5.41, 5.74) is 4.63. The van der Waals surface area contributed by atoms with E-state index in [1.807, 2.05) is 23.4 Å². The molecule has 6 heteroatoms. The Hall–Kier alpha value is -2.08. The monoisotopic (exact) mass is 365 g/mol. The average molecular weight is 366 g/mol. The third-order valence-corrected chi connectivity index (χ3v) is 6.12. The molecule has 0 aliphatic heterocycles. The van der Waals surface area contributed by atoms with Crippen LogP contribution in [-0.2, 0) is 5.75 Å². The van der Waals surface area contributed by atoms with Crippen molar-refractivity contribution in [3.63, 3.8) is 0 Å². The number of hydrogen-bond donors (Lipinski definition) is 0.